The highest BCUT2D eigenvalue weighted by atomic mass is 32.2. The summed E-state index contributed by atoms with van der Waals surface area (Å²) in [4.78, 5) is 19.4. The molecule has 5 aromatic rings. The molecule has 0 radical (unpaired) electrons. The van der Waals surface area contributed by atoms with Crippen LogP contribution in [0.1, 0.15) is 26.6 Å². The molecular weight excluding hydrogens is 464 g/mol. The fourth-order valence-electron chi connectivity index (χ4n) is 3.40. The van der Waals surface area contributed by atoms with Crippen molar-refractivity contribution in [2.24, 2.45) is 0 Å². The van der Waals surface area contributed by atoms with Crippen LogP contribution < -0.4 is 5.32 Å². The second-order valence-electron chi connectivity index (χ2n) is 7.38. The van der Waals surface area contributed by atoms with Gasteiger partial charge in [0.15, 0.2) is 11.0 Å². The quantitative estimate of drug-likeness (QED) is 0.303. The number of rotatable bonds is 8. The molecule has 9 heteroatoms. The maximum Gasteiger partial charge on any atom is 0.258 e. The molecule has 0 saturated heterocycles. The number of para-hydroxylation sites is 1. The molecule has 2 aromatic heterocycles. The average molecular weight is 485 g/mol. The summed E-state index contributed by atoms with van der Waals surface area (Å²) in [7, 11) is 0. The van der Waals surface area contributed by atoms with Gasteiger partial charge >= 0.3 is 0 Å². The molecule has 0 atom stereocenters. The molecule has 0 bridgehead atoms. The number of tetrazole rings is 1. The highest BCUT2D eigenvalue weighted by Crippen LogP contribution is 2.28. The maximum atomic E-state index is 13.0. The Bertz CT molecular complexity index is 1380. The molecule has 0 aliphatic heterocycles. The predicted octanol–water partition coefficient (Wildman–Crippen LogP) is 5.25. The number of amides is 1. The number of anilines is 1. The maximum absolute atomic E-state index is 13.0. The van der Waals surface area contributed by atoms with Crippen molar-refractivity contribution < 1.29 is 4.79 Å². The number of nitrogens with one attached hydrogen (secondary N) is 1. The van der Waals surface area contributed by atoms with Crippen LogP contribution in [0.15, 0.2) is 96.0 Å². The van der Waals surface area contributed by atoms with Crippen molar-refractivity contribution >= 4 is 34.1 Å². The summed E-state index contributed by atoms with van der Waals surface area (Å²) in [5, 5.41) is 15.6. The van der Waals surface area contributed by atoms with Gasteiger partial charge in [0.1, 0.15) is 0 Å². The molecule has 7 nitrogen and oxygen atoms in total. The van der Waals surface area contributed by atoms with E-state index in [9.17, 15) is 4.79 Å². The van der Waals surface area contributed by atoms with Gasteiger partial charge in [-0.1, -0.05) is 60.7 Å². The molecule has 2 heterocycles. The second kappa shape index (κ2) is 10.4. The predicted molar refractivity (Wildman–Crippen MR) is 134 cm³/mol. The van der Waals surface area contributed by atoms with Gasteiger partial charge in [-0.25, -0.2) is 4.98 Å². The Labute approximate surface area is 204 Å². The van der Waals surface area contributed by atoms with Gasteiger partial charge in [0, 0.05) is 22.4 Å². The molecule has 3 aromatic carbocycles. The number of aromatic nitrogens is 5. The third-order valence-electron chi connectivity index (χ3n) is 5.02. The van der Waals surface area contributed by atoms with Gasteiger partial charge in [0.2, 0.25) is 0 Å². The Morgan fingerprint density at radius 3 is 2.50 bits per heavy atom. The Morgan fingerprint density at radius 1 is 0.941 bits per heavy atom. The van der Waals surface area contributed by atoms with E-state index in [1.165, 1.54) is 28.7 Å². The molecular formula is C25H20N6OS2. The van der Waals surface area contributed by atoms with Crippen molar-refractivity contribution in [2.45, 2.75) is 17.1 Å². The summed E-state index contributed by atoms with van der Waals surface area (Å²) in [6.07, 6.45) is 2.61. The number of hydrogen-bond donors (Lipinski definition) is 1. The van der Waals surface area contributed by atoms with E-state index in [0.717, 1.165) is 21.9 Å². The number of thiazole rings is 1. The van der Waals surface area contributed by atoms with Crippen molar-refractivity contribution in [1.29, 1.82) is 0 Å². The van der Waals surface area contributed by atoms with Gasteiger partial charge in [-0.05, 0) is 40.3 Å². The smallest absolute Gasteiger partial charge is 0.258 e. The van der Waals surface area contributed by atoms with Crippen LogP contribution >= 0.6 is 23.1 Å². The highest BCUT2D eigenvalue weighted by Gasteiger charge is 2.15. The van der Waals surface area contributed by atoms with E-state index < -0.39 is 0 Å². The zero-order chi connectivity index (χ0) is 23.2. The summed E-state index contributed by atoms with van der Waals surface area (Å²) >= 11 is 3.01. The highest BCUT2D eigenvalue weighted by molar-refractivity contribution is 7.98. The monoisotopic (exact) mass is 484 g/mol. The van der Waals surface area contributed by atoms with Crippen LogP contribution in [0.5, 0.6) is 0 Å². The van der Waals surface area contributed by atoms with E-state index in [4.69, 9.17) is 0 Å². The van der Waals surface area contributed by atoms with E-state index in [2.05, 4.69) is 38.0 Å². The average Bonchev–Trinajstić information content (AvgIpc) is 3.53. The number of thioether (sulfide) groups is 1. The molecule has 1 N–H and O–H groups in total. The largest absolute Gasteiger partial charge is 0.298 e. The third-order valence-corrected chi connectivity index (χ3v) is 7.00. The topological polar surface area (TPSA) is 85.6 Å². The van der Waals surface area contributed by atoms with E-state index >= 15 is 0 Å². The number of benzene rings is 3. The van der Waals surface area contributed by atoms with Crippen molar-refractivity contribution in [1.82, 2.24) is 25.2 Å². The lowest BCUT2D eigenvalue weighted by molar-refractivity contribution is 0.102. The molecule has 0 unspecified atom stereocenters. The third kappa shape index (κ3) is 5.22. The number of nitrogens with zero attached hydrogens (tertiary/aromatic N) is 5. The fourth-order valence-corrected chi connectivity index (χ4v) is 5.19. The molecule has 5 rings (SSSR count). The van der Waals surface area contributed by atoms with Gasteiger partial charge in [0.05, 0.1) is 17.0 Å². The fraction of sp³-hybridized carbons (Fsp3) is 0.0800. The number of hydrogen-bond acceptors (Lipinski definition) is 7. The van der Waals surface area contributed by atoms with Gasteiger partial charge in [-0.3, -0.25) is 10.1 Å². The lowest BCUT2D eigenvalue weighted by Gasteiger charge is -2.09. The molecule has 0 aliphatic carbocycles. The summed E-state index contributed by atoms with van der Waals surface area (Å²) in [6.45, 7) is 0. The lowest BCUT2D eigenvalue weighted by atomic mass is 10.1. The van der Waals surface area contributed by atoms with Crippen LogP contribution in [-0.2, 0) is 12.2 Å². The molecule has 0 aliphatic rings. The van der Waals surface area contributed by atoms with Crippen molar-refractivity contribution in [3.05, 3.63) is 113 Å². The van der Waals surface area contributed by atoms with E-state index in [-0.39, 0.29) is 5.91 Å². The molecule has 34 heavy (non-hydrogen) atoms. The standard InChI is InChI=1S/C25H20N6OS2/c32-24(27-25-26-16-20(34-25)15-18-9-3-1-4-10-18)21-13-7-8-14-22(21)33-17-23-28-29-30-31(23)19-11-5-2-6-12-19/h1-14,16H,15,17H2,(H,26,27,32). The first-order valence-electron chi connectivity index (χ1n) is 10.6. The van der Waals surface area contributed by atoms with E-state index in [0.29, 0.717) is 22.3 Å². The molecule has 0 spiro atoms. The Balaban J connectivity index is 1.27. The van der Waals surface area contributed by atoms with Crippen molar-refractivity contribution in [3.63, 3.8) is 0 Å². The van der Waals surface area contributed by atoms with Crippen LogP contribution in [-0.4, -0.2) is 31.1 Å². The van der Waals surface area contributed by atoms with E-state index in [1.54, 1.807) is 4.68 Å². The minimum atomic E-state index is -0.189. The Kier molecular flexibility index (Phi) is 6.73. The van der Waals surface area contributed by atoms with Gasteiger partial charge in [-0.15, -0.1) is 28.2 Å². The van der Waals surface area contributed by atoms with Crippen molar-refractivity contribution in [3.8, 4) is 5.69 Å². The first-order chi connectivity index (χ1) is 16.8. The van der Waals surface area contributed by atoms with Crippen LogP contribution in [0.4, 0.5) is 5.13 Å². The van der Waals surface area contributed by atoms with Gasteiger partial charge < -0.3 is 0 Å². The second-order valence-corrected chi connectivity index (χ2v) is 9.51. The first-order valence-corrected chi connectivity index (χ1v) is 12.4. The minimum Gasteiger partial charge on any atom is -0.298 e. The zero-order valence-electron chi connectivity index (χ0n) is 18.0. The zero-order valence-corrected chi connectivity index (χ0v) is 19.7. The van der Waals surface area contributed by atoms with Crippen molar-refractivity contribution in [2.75, 3.05) is 5.32 Å². The number of carbonyl (C=O) groups is 1. The first kappa shape index (κ1) is 22.0. The summed E-state index contributed by atoms with van der Waals surface area (Å²) in [5.41, 5.74) is 2.69. The van der Waals surface area contributed by atoms with Crippen LogP contribution in [0.25, 0.3) is 5.69 Å². The van der Waals surface area contributed by atoms with Crippen LogP contribution in [0.2, 0.25) is 0 Å². The summed E-state index contributed by atoms with van der Waals surface area (Å²) in [6, 6.07) is 27.5. The van der Waals surface area contributed by atoms with Gasteiger partial charge in [0.25, 0.3) is 5.91 Å². The summed E-state index contributed by atoms with van der Waals surface area (Å²) in [5.74, 6) is 1.04. The minimum absolute atomic E-state index is 0.189. The van der Waals surface area contributed by atoms with Crippen LogP contribution in [0, 0.1) is 0 Å². The molecule has 168 valence electrons. The SMILES string of the molecule is O=C(Nc1ncc(Cc2ccccc2)s1)c1ccccc1SCc1nnnn1-c1ccccc1. The molecule has 0 saturated carbocycles. The lowest BCUT2D eigenvalue weighted by Crippen LogP contribution is -2.12. The van der Waals surface area contributed by atoms with Crippen LogP contribution in [0.3, 0.4) is 0 Å². The Hall–Kier alpha value is -3.82. The molecule has 1 amide bonds. The normalized spacial score (nSPS) is 10.8. The molecule has 0 fully saturated rings. The summed E-state index contributed by atoms with van der Waals surface area (Å²) < 4.78 is 1.71. The van der Waals surface area contributed by atoms with Gasteiger partial charge in [-0.2, -0.15) is 4.68 Å². The Morgan fingerprint density at radius 2 is 1.68 bits per heavy atom. The number of carbonyl (C=O) groups excluding carboxylic acids is 1. The van der Waals surface area contributed by atoms with E-state index in [1.807, 2.05) is 79.0 Å².